The maximum Gasteiger partial charge on any atom is 0.191 e. The van der Waals surface area contributed by atoms with Gasteiger partial charge >= 0.3 is 0 Å². The lowest BCUT2D eigenvalue weighted by molar-refractivity contribution is 0.179. The standard InChI is InChI=1S/C21H34N6S2.HI/c1-4-19-13-24-20(29-19)6-9-23-21(22-5-2)25-12-17-7-10-27(11-8-17)14-18-15-28-16(3)26-18;/h13,15,17H,4-12,14H2,1-3H3,(H2,22,23,25);1H. The molecule has 2 aromatic rings. The third-order valence-electron chi connectivity index (χ3n) is 5.19. The van der Waals surface area contributed by atoms with Crippen molar-refractivity contribution >= 4 is 52.6 Å². The number of rotatable bonds is 9. The fraction of sp³-hybridized carbons (Fsp3) is 0.667. The van der Waals surface area contributed by atoms with Crippen molar-refractivity contribution in [2.24, 2.45) is 10.9 Å². The molecule has 6 nitrogen and oxygen atoms in total. The van der Waals surface area contributed by atoms with Gasteiger partial charge in [-0.2, -0.15) is 0 Å². The number of aryl methyl sites for hydroxylation is 2. The van der Waals surface area contributed by atoms with E-state index in [2.05, 4.69) is 51.7 Å². The van der Waals surface area contributed by atoms with Gasteiger partial charge in [0.05, 0.1) is 15.7 Å². The topological polar surface area (TPSA) is 65.4 Å². The normalized spacial score (nSPS) is 15.8. The van der Waals surface area contributed by atoms with Crippen LogP contribution in [0.2, 0.25) is 0 Å². The summed E-state index contributed by atoms with van der Waals surface area (Å²) >= 11 is 3.56. The largest absolute Gasteiger partial charge is 0.357 e. The van der Waals surface area contributed by atoms with Crippen LogP contribution in [-0.4, -0.2) is 53.6 Å². The van der Waals surface area contributed by atoms with Crippen molar-refractivity contribution in [1.82, 2.24) is 25.5 Å². The number of aromatic nitrogens is 2. The number of thiazole rings is 2. The highest BCUT2D eigenvalue weighted by Crippen LogP contribution is 2.20. The quantitative estimate of drug-likeness (QED) is 0.274. The second kappa shape index (κ2) is 13.6. The van der Waals surface area contributed by atoms with Crippen LogP contribution in [0.1, 0.15) is 47.3 Å². The van der Waals surface area contributed by atoms with Crippen molar-refractivity contribution < 1.29 is 0 Å². The van der Waals surface area contributed by atoms with E-state index in [-0.39, 0.29) is 24.0 Å². The number of hydrogen-bond donors (Lipinski definition) is 2. The minimum Gasteiger partial charge on any atom is -0.357 e. The Hall–Kier alpha value is -0.780. The van der Waals surface area contributed by atoms with Crippen molar-refractivity contribution in [2.75, 3.05) is 32.7 Å². The van der Waals surface area contributed by atoms with Crippen LogP contribution in [0.15, 0.2) is 16.6 Å². The molecule has 1 aliphatic heterocycles. The Labute approximate surface area is 206 Å². The van der Waals surface area contributed by atoms with Crippen molar-refractivity contribution in [3.63, 3.8) is 0 Å². The van der Waals surface area contributed by atoms with Gasteiger partial charge in [0.15, 0.2) is 5.96 Å². The number of halogens is 1. The molecule has 3 heterocycles. The van der Waals surface area contributed by atoms with Crippen molar-refractivity contribution in [1.29, 1.82) is 0 Å². The minimum absolute atomic E-state index is 0. The van der Waals surface area contributed by atoms with E-state index < -0.39 is 0 Å². The van der Waals surface area contributed by atoms with Crippen LogP contribution in [-0.2, 0) is 19.4 Å². The lowest BCUT2D eigenvalue weighted by atomic mass is 9.97. The Bertz CT molecular complexity index is 767. The van der Waals surface area contributed by atoms with Gasteiger partial charge in [0, 0.05) is 49.1 Å². The highest BCUT2D eigenvalue weighted by Gasteiger charge is 2.19. The van der Waals surface area contributed by atoms with Gasteiger partial charge in [0.25, 0.3) is 0 Å². The molecular weight excluding hydrogens is 527 g/mol. The van der Waals surface area contributed by atoms with E-state index in [0.29, 0.717) is 5.92 Å². The van der Waals surface area contributed by atoms with Gasteiger partial charge in [-0.25, -0.2) is 9.97 Å². The third kappa shape index (κ3) is 8.39. The molecule has 0 saturated carbocycles. The number of guanidine groups is 1. The van der Waals surface area contributed by atoms with E-state index in [1.165, 1.54) is 28.4 Å². The van der Waals surface area contributed by atoms with Crippen LogP contribution >= 0.6 is 46.7 Å². The molecule has 0 atom stereocenters. The van der Waals surface area contributed by atoms with Crippen LogP contribution in [0, 0.1) is 12.8 Å². The molecule has 9 heteroatoms. The van der Waals surface area contributed by atoms with E-state index >= 15 is 0 Å². The Morgan fingerprint density at radius 3 is 2.70 bits per heavy atom. The summed E-state index contributed by atoms with van der Waals surface area (Å²) in [5.74, 6) is 1.60. The molecule has 0 aromatic carbocycles. The van der Waals surface area contributed by atoms with E-state index in [0.717, 1.165) is 63.1 Å². The summed E-state index contributed by atoms with van der Waals surface area (Å²) in [6.45, 7) is 12.3. The molecule has 0 bridgehead atoms. The molecular formula is C21H35IN6S2. The fourth-order valence-electron chi connectivity index (χ4n) is 3.51. The number of nitrogens with zero attached hydrogens (tertiary/aromatic N) is 4. The second-order valence-corrected chi connectivity index (χ2v) is 9.81. The minimum atomic E-state index is 0. The van der Waals surface area contributed by atoms with Crippen LogP contribution in [0.5, 0.6) is 0 Å². The molecule has 30 heavy (non-hydrogen) atoms. The first kappa shape index (κ1) is 25.5. The summed E-state index contributed by atoms with van der Waals surface area (Å²) in [5, 5.41) is 11.4. The maximum absolute atomic E-state index is 4.85. The zero-order valence-corrected chi connectivity index (χ0v) is 22.3. The second-order valence-electron chi connectivity index (χ2n) is 7.55. The number of aliphatic imine (C=N–C) groups is 1. The van der Waals surface area contributed by atoms with Gasteiger partial charge in [-0.05, 0) is 52.1 Å². The first-order valence-corrected chi connectivity index (χ1v) is 12.4. The molecule has 3 rings (SSSR count). The lowest BCUT2D eigenvalue weighted by Gasteiger charge is -2.30. The lowest BCUT2D eigenvalue weighted by Crippen LogP contribution is -2.39. The number of piperidine rings is 1. The van der Waals surface area contributed by atoms with Gasteiger partial charge in [-0.15, -0.1) is 46.7 Å². The van der Waals surface area contributed by atoms with Gasteiger partial charge in [-0.3, -0.25) is 9.89 Å². The molecule has 1 saturated heterocycles. The fourth-order valence-corrected chi connectivity index (χ4v) is 4.98. The van der Waals surface area contributed by atoms with Crippen LogP contribution < -0.4 is 10.6 Å². The highest BCUT2D eigenvalue weighted by atomic mass is 127. The summed E-state index contributed by atoms with van der Waals surface area (Å²) in [4.78, 5) is 17.8. The Balaban J connectivity index is 0.00000320. The monoisotopic (exact) mass is 562 g/mol. The SMILES string of the molecule is CCNC(=NCC1CCN(Cc2csc(C)n2)CC1)NCCc1ncc(CC)s1.I. The number of hydrogen-bond acceptors (Lipinski definition) is 6. The molecule has 1 fully saturated rings. The van der Waals surface area contributed by atoms with Crippen molar-refractivity contribution in [3.05, 3.63) is 32.2 Å². The summed E-state index contributed by atoms with van der Waals surface area (Å²) in [6.07, 6.45) is 6.44. The maximum atomic E-state index is 4.85. The van der Waals surface area contributed by atoms with Gasteiger partial charge in [0.2, 0.25) is 0 Å². The van der Waals surface area contributed by atoms with Gasteiger partial charge in [0.1, 0.15) is 0 Å². The first-order chi connectivity index (χ1) is 14.2. The molecule has 0 amide bonds. The smallest absolute Gasteiger partial charge is 0.191 e. The van der Waals surface area contributed by atoms with E-state index in [1.54, 1.807) is 11.3 Å². The summed E-state index contributed by atoms with van der Waals surface area (Å²) < 4.78 is 0. The van der Waals surface area contributed by atoms with Crippen molar-refractivity contribution in [2.45, 2.75) is 53.0 Å². The molecule has 1 aliphatic rings. The molecule has 0 aliphatic carbocycles. The van der Waals surface area contributed by atoms with Crippen LogP contribution in [0.4, 0.5) is 0 Å². The predicted octanol–water partition coefficient (Wildman–Crippen LogP) is 4.10. The number of likely N-dealkylation sites (tertiary alicyclic amines) is 1. The average Bonchev–Trinajstić information content (AvgIpc) is 3.36. The van der Waals surface area contributed by atoms with Gasteiger partial charge < -0.3 is 10.6 Å². The molecule has 2 aromatic heterocycles. The average molecular weight is 563 g/mol. The van der Waals surface area contributed by atoms with Crippen molar-refractivity contribution in [3.8, 4) is 0 Å². The van der Waals surface area contributed by atoms with Gasteiger partial charge in [-0.1, -0.05) is 6.92 Å². The molecule has 2 N–H and O–H groups in total. The zero-order valence-electron chi connectivity index (χ0n) is 18.3. The summed E-state index contributed by atoms with van der Waals surface area (Å²) in [6, 6.07) is 0. The Morgan fingerprint density at radius 1 is 1.27 bits per heavy atom. The van der Waals surface area contributed by atoms with Crippen LogP contribution in [0.3, 0.4) is 0 Å². The molecule has 0 unspecified atom stereocenters. The predicted molar refractivity (Wildman–Crippen MR) is 139 cm³/mol. The number of nitrogens with one attached hydrogen (secondary N) is 2. The Kier molecular flexibility index (Phi) is 11.5. The third-order valence-corrected chi connectivity index (χ3v) is 7.22. The molecule has 168 valence electrons. The van der Waals surface area contributed by atoms with Crippen LogP contribution in [0.25, 0.3) is 0 Å². The molecule has 0 spiro atoms. The first-order valence-electron chi connectivity index (χ1n) is 10.7. The van der Waals surface area contributed by atoms with E-state index in [4.69, 9.17) is 4.99 Å². The molecule has 0 radical (unpaired) electrons. The summed E-state index contributed by atoms with van der Waals surface area (Å²) in [7, 11) is 0. The van der Waals surface area contributed by atoms with E-state index in [1.807, 2.05) is 17.5 Å². The summed E-state index contributed by atoms with van der Waals surface area (Å²) in [5.41, 5.74) is 1.22. The highest BCUT2D eigenvalue weighted by molar-refractivity contribution is 14.0. The Morgan fingerprint density at radius 2 is 2.07 bits per heavy atom. The van der Waals surface area contributed by atoms with E-state index in [9.17, 15) is 0 Å². The zero-order chi connectivity index (χ0) is 20.5.